The van der Waals surface area contributed by atoms with E-state index in [1.807, 2.05) is 0 Å². The third-order valence-corrected chi connectivity index (χ3v) is 2.36. The van der Waals surface area contributed by atoms with Crippen molar-refractivity contribution in [3.8, 4) is 0 Å². The second-order valence-electron chi connectivity index (χ2n) is 2.22. The summed E-state index contributed by atoms with van der Waals surface area (Å²) < 4.78 is 31.5. The number of benzene rings is 1. The molecule has 0 bridgehead atoms. The molecule has 0 amide bonds. The molecular formula is C7H7O3STl. The molecule has 0 saturated carbocycles. The maximum Gasteiger partial charge on any atom is 1.00 e. The number of hydrogen-bond donors (Lipinski definition) is 0. The Morgan fingerprint density at radius 1 is 1.25 bits per heavy atom. The van der Waals surface area contributed by atoms with Crippen LogP contribution in [0.25, 0.3) is 0 Å². The van der Waals surface area contributed by atoms with Crippen molar-refractivity contribution in [3.05, 3.63) is 29.8 Å². The van der Waals surface area contributed by atoms with Crippen molar-refractivity contribution in [3.63, 3.8) is 0 Å². The van der Waals surface area contributed by atoms with Crippen molar-refractivity contribution in [2.45, 2.75) is 11.8 Å². The van der Waals surface area contributed by atoms with Crippen molar-refractivity contribution < 1.29 is 13.0 Å². The zero-order chi connectivity index (χ0) is 8.48. The Bertz CT molecular complexity index is 359. The van der Waals surface area contributed by atoms with Crippen LogP contribution in [0, 0.1) is 6.92 Å². The second kappa shape index (κ2) is 4.33. The third-order valence-electron chi connectivity index (χ3n) is 1.36. The van der Waals surface area contributed by atoms with Gasteiger partial charge in [-0.15, -0.1) is 0 Å². The van der Waals surface area contributed by atoms with E-state index in [0.29, 0.717) is 5.56 Å². The van der Waals surface area contributed by atoms with Crippen LogP contribution in [0.4, 0.5) is 0 Å². The fourth-order valence-corrected chi connectivity index (χ4v) is 1.54. The standard InChI is InChI=1S/C7H8O3S.Tl/c1-6-4-2-3-5-7(6)11(8,9)10;/h2-5H,1H3,(H,8,9,10);/q;+1/p-1. The molecule has 5 heteroatoms. The Hall–Kier alpha value is 0.0521. The van der Waals surface area contributed by atoms with Gasteiger partial charge in [-0.1, -0.05) is 18.2 Å². The summed E-state index contributed by atoms with van der Waals surface area (Å²) in [4.78, 5) is -0.139. The van der Waals surface area contributed by atoms with E-state index in [0.717, 1.165) is 0 Å². The van der Waals surface area contributed by atoms with Crippen LogP contribution >= 0.6 is 0 Å². The molecule has 0 heterocycles. The van der Waals surface area contributed by atoms with E-state index in [-0.39, 0.29) is 32.2 Å². The molecule has 12 heavy (non-hydrogen) atoms. The molecule has 3 nitrogen and oxygen atoms in total. The largest absolute Gasteiger partial charge is 1.00 e. The first-order chi connectivity index (χ1) is 5.02. The van der Waals surface area contributed by atoms with E-state index in [9.17, 15) is 13.0 Å². The number of rotatable bonds is 1. The molecule has 0 unspecified atom stereocenters. The molecule has 0 radical (unpaired) electrons. The molecular weight excluding hydrogens is 369 g/mol. The van der Waals surface area contributed by atoms with E-state index >= 15 is 0 Å². The van der Waals surface area contributed by atoms with Crippen LogP contribution < -0.4 is 0 Å². The molecule has 0 fully saturated rings. The molecule has 0 atom stereocenters. The van der Waals surface area contributed by atoms with Crippen molar-refractivity contribution in [2.75, 3.05) is 0 Å². The van der Waals surface area contributed by atoms with Gasteiger partial charge in [-0.2, -0.15) is 0 Å². The summed E-state index contributed by atoms with van der Waals surface area (Å²) in [7, 11) is -4.28. The van der Waals surface area contributed by atoms with Crippen LogP contribution in [0.5, 0.6) is 0 Å². The number of aryl methyl sites for hydroxylation is 1. The van der Waals surface area contributed by atoms with Gasteiger partial charge < -0.3 is 4.55 Å². The van der Waals surface area contributed by atoms with Crippen LogP contribution in [0.2, 0.25) is 0 Å². The molecule has 0 N–H and O–H groups in total. The summed E-state index contributed by atoms with van der Waals surface area (Å²) in [6.07, 6.45) is 0. The van der Waals surface area contributed by atoms with Gasteiger partial charge in [0.25, 0.3) is 0 Å². The average Bonchev–Trinajstić information content (AvgIpc) is 1.86. The van der Waals surface area contributed by atoms with Gasteiger partial charge in [-0.3, -0.25) is 0 Å². The normalized spacial score (nSPS) is 10.5. The number of hydrogen-bond acceptors (Lipinski definition) is 3. The van der Waals surface area contributed by atoms with Crippen LogP contribution in [0.1, 0.15) is 5.56 Å². The molecule has 0 aromatic heterocycles. The van der Waals surface area contributed by atoms with Gasteiger partial charge in [0.15, 0.2) is 0 Å². The zero-order valence-corrected chi connectivity index (χ0v) is 11.8. The summed E-state index contributed by atoms with van der Waals surface area (Å²) in [5.41, 5.74) is 0.488. The van der Waals surface area contributed by atoms with E-state index in [4.69, 9.17) is 0 Å². The Morgan fingerprint density at radius 2 is 1.75 bits per heavy atom. The SMILES string of the molecule is Cc1ccccc1S(=O)(=O)[O-].[Tl+]. The zero-order valence-electron chi connectivity index (χ0n) is 6.52. The molecule has 0 aliphatic rings. The minimum absolute atomic E-state index is 0. The summed E-state index contributed by atoms with van der Waals surface area (Å²) in [5, 5.41) is 0. The quantitative estimate of drug-likeness (QED) is 0.531. The van der Waals surface area contributed by atoms with E-state index < -0.39 is 10.1 Å². The van der Waals surface area contributed by atoms with Gasteiger partial charge in [0, 0.05) is 0 Å². The smallest absolute Gasteiger partial charge is 0.744 e. The predicted molar refractivity (Wildman–Crippen MR) is 44.9 cm³/mol. The van der Waals surface area contributed by atoms with Crippen molar-refractivity contribution in [1.82, 2.24) is 0 Å². The maximum absolute atomic E-state index is 10.5. The summed E-state index contributed by atoms with van der Waals surface area (Å²) in [5.74, 6) is 0. The van der Waals surface area contributed by atoms with E-state index in [2.05, 4.69) is 0 Å². The molecule has 0 aliphatic heterocycles. The van der Waals surface area contributed by atoms with Crippen molar-refractivity contribution in [2.24, 2.45) is 0 Å². The van der Waals surface area contributed by atoms with Gasteiger partial charge in [-0.25, -0.2) is 8.42 Å². The van der Waals surface area contributed by atoms with Gasteiger partial charge in [-0.05, 0) is 18.6 Å². The third kappa shape index (κ3) is 2.83. The Labute approximate surface area is 91.7 Å². The first-order valence-electron chi connectivity index (χ1n) is 3.03. The van der Waals surface area contributed by atoms with Crippen LogP contribution in [0.3, 0.4) is 0 Å². The Balaban J connectivity index is 0.00000121. The fraction of sp³-hybridized carbons (Fsp3) is 0.143. The van der Waals surface area contributed by atoms with E-state index in [1.165, 1.54) is 12.1 Å². The molecule has 1 rings (SSSR count). The van der Waals surface area contributed by atoms with Gasteiger partial charge >= 0.3 is 27.3 Å². The fourth-order valence-electron chi connectivity index (χ4n) is 0.837. The minimum atomic E-state index is -4.28. The van der Waals surface area contributed by atoms with Gasteiger partial charge in [0.05, 0.1) is 4.90 Å². The summed E-state index contributed by atoms with van der Waals surface area (Å²) >= 11 is 0. The monoisotopic (exact) mass is 376 g/mol. The van der Waals surface area contributed by atoms with Crippen LogP contribution in [0.15, 0.2) is 29.2 Å². The Morgan fingerprint density at radius 3 is 2.08 bits per heavy atom. The maximum atomic E-state index is 10.5. The topological polar surface area (TPSA) is 57.2 Å². The molecule has 1 aromatic rings. The average molecular weight is 376 g/mol. The summed E-state index contributed by atoms with van der Waals surface area (Å²) in [6, 6.07) is 6.10. The second-order valence-corrected chi connectivity index (χ2v) is 3.57. The van der Waals surface area contributed by atoms with E-state index in [1.54, 1.807) is 19.1 Å². The van der Waals surface area contributed by atoms with Crippen molar-refractivity contribution in [1.29, 1.82) is 0 Å². The van der Waals surface area contributed by atoms with Gasteiger partial charge in [0.1, 0.15) is 10.1 Å². The molecule has 1 aromatic carbocycles. The molecule has 62 valence electrons. The first-order valence-corrected chi connectivity index (χ1v) is 4.44. The minimum Gasteiger partial charge on any atom is -0.744 e. The predicted octanol–water partition coefficient (Wildman–Crippen LogP) is 0.518. The molecule has 0 aliphatic carbocycles. The van der Waals surface area contributed by atoms with Crippen molar-refractivity contribution >= 4 is 37.4 Å². The molecule has 0 saturated heterocycles. The van der Waals surface area contributed by atoms with Crippen LogP contribution in [-0.2, 0) is 10.1 Å². The summed E-state index contributed by atoms with van der Waals surface area (Å²) in [6.45, 7) is 1.59. The Kier molecular flexibility index (Phi) is 4.35. The van der Waals surface area contributed by atoms with Crippen LogP contribution in [-0.4, -0.2) is 40.3 Å². The van der Waals surface area contributed by atoms with Gasteiger partial charge in [0.2, 0.25) is 0 Å². The first kappa shape index (κ1) is 12.1. The molecule has 0 spiro atoms.